The standard InChI is InChI=1S/C24H23N3O4/c1-28-20-12-16(13-21(29-2)23(20)30-3)8-9-22-26-19(14-25)24(31-22)27-11-10-17-6-4-5-7-18(17)15-27/h4-9,12-13H,10-11,15H2,1-3H3. The molecule has 0 bridgehead atoms. The maximum absolute atomic E-state index is 9.57. The second kappa shape index (κ2) is 8.84. The fourth-order valence-corrected chi connectivity index (χ4v) is 3.72. The number of ether oxygens (including phenoxy) is 3. The first kappa shape index (κ1) is 20.4. The Balaban J connectivity index is 1.60. The summed E-state index contributed by atoms with van der Waals surface area (Å²) in [6.07, 6.45) is 4.45. The first-order valence-electron chi connectivity index (χ1n) is 9.87. The van der Waals surface area contributed by atoms with Gasteiger partial charge in [-0.3, -0.25) is 0 Å². The molecule has 1 aromatic heterocycles. The lowest BCUT2D eigenvalue weighted by molar-refractivity contribution is 0.324. The number of methoxy groups -OCH3 is 3. The van der Waals surface area contributed by atoms with Crippen molar-refractivity contribution in [1.82, 2.24) is 4.98 Å². The summed E-state index contributed by atoms with van der Waals surface area (Å²) >= 11 is 0. The van der Waals surface area contributed by atoms with Gasteiger partial charge < -0.3 is 23.5 Å². The zero-order valence-corrected chi connectivity index (χ0v) is 17.7. The number of benzene rings is 2. The van der Waals surface area contributed by atoms with Crippen LogP contribution in [-0.2, 0) is 13.0 Å². The Hall–Kier alpha value is -3.92. The average Bonchev–Trinajstić information content (AvgIpc) is 3.25. The zero-order chi connectivity index (χ0) is 21.8. The predicted molar refractivity (Wildman–Crippen MR) is 117 cm³/mol. The molecule has 2 heterocycles. The molecule has 0 fully saturated rings. The Labute approximate surface area is 181 Å². The van der Waals surface area contributed by atoms with Crippen LogP contribution in [0.25, 0.3) is 12.2 Å². The van der Waals surface area contributed by atoms with E-state index in [4.69, 9.17) is 18.6 Å². The molecular formula is C24H23N3O4. The van der Waals surface area contributed by atoms with E-state index in [0.29, 0.717) is 35.6 Å². The molecule has 0 saturated heterocycles. The quantitative estimate of drug-likeness (QED) is 0.591. The van der Waals surface area contributed by atoms with Crippen LogP contribution in [-0.4, -0.2) is 32.9 Å². The third-order valence-corrected chi connectivity index (χ3v) is 5.25. The fourth-order valence-electron chi connectivity index (χ4n) is 3.72. The maximum atomic E-state index is 9.57. The van der Waals surface area contributed by atoms with Crippen molar-refractivity contribution in [2.24, 2.45) is 0 Å². The summed E-state index contributed by atoms with van der Waals surface area (Å²) in [5.74, 6) is 2.50. The van der Waals surface area contributed by atoms with Crippen LogP contribution in [0, 0.1) is 11.3 Å². The lowest BCUT2D eigenvalue weighted by atomic mass is 10.00. The summed E-state index contributed by atoms with van der Waals surface area (Å²) in [5.41, 5.74) is 3.67. The molecule has 7 nitrogen and oxygen atoms in total. The molecule has 158 valence electrons. The van der Waals surface area contributed by atoms with E-state index in [1.165, 1.54) is 11.1 Å². The zero-order valence-electron chi connectivity index (χ0n) is 17.7. The van der Waals surface area contributed by atoms with Crippen LogP contribution in [0.2, 0.25) is 0 Å². The minimum atomic E-state index is 0.281. The van der Waals surface area contributed by atoms with Crippen molar-refractivity contribution in [2.45, 2.75) is 13.0 Å². The van der Waals surface area contributed by atoms with E-state index in [1.54, 1.807) is 27.4 Å². The van der Waals surface area contributed by atoms with E-state index < -0.39 is 0 Å². The highest BCUT2D eigenvalue weighted by Crippen LogP contribution is 2.38. The Kier molecular flexibility index (Phi) is 5.80. The molecule has 0 spiro atoms. The van der Waals surface area contributed by atoms with Crippen molar-refractivity contribution in [2.75, 3.05) is 32.8 Å². The SMILES string of the molecule is COc1cc(C=Cc2nc(C#N)c(N3CCc4ccccc4C3)o2)cc(OC)c1OC. The number of aromatic nitrogens is 1. The fraction of sp³-hybridized carbons (Fsp3) is 0.250. The predicted octanol–water partition coefficient (Wildman–Crippen LogP) is 4.31. The highest BCUT2D eigenvalue weighted by atomic mass is 16.5. The molecule has 1 aliphatic heterocycles. The molecule has 1 aliphatic rings. The minimum Gasteiger partial charge on any atom is -0.493 e. The number of nitrogens with zero attached hydrogens (tertiary/aromatic N) is 3. The molecule has 0 atom stereocenters. The normalized spacial score (nSPS) is 13.0. The molecule has 0 amide bonds. The Morgan fingerprint density at radius 3 is 2.39 bits per heavy atom. The number of fused-ring (bicyclic) bond motifs is 1. The largest absolute Gasteiger partial charge is 0.493 e. The van der Waals surface area contributed by atoms with Crippen LogP contribution < -0.4 is 19.1 Å². The number of nitriles is 1. The van der Waals surface area contributed by atoms with Crippen LogP contribution >= 0.6 is 0 Å². The summed E-state index contributed by atoms with van der Waals surface area (Å²) in [6, 6.07) is 14.1. The summed E-state index contributed by atoms with van der Waals surface area (Å²) in [7, 11) is 4.70. The highest BCUT2D eigenvalue weighted by molar-refractivity contribution is 5.71. The Bertz CT molecular complexity index is 1130. The van der Waals surface area contributed by atoms with E-state index in [9.17, 15) is 5.26 Å². The average molecular weight is 417 g/mol. The van der Waals surface area contributed by atoms with Crippen molar-refractivity contribution in [3.63, 3.8) is 0 Å². The van der Waals surface area contributed by atoms with Crippen molar-refractivity contribution in [3.8, 4) is 23.3 Å². The van der Waals surface area contributed by atoms with Gasteiger partial charge in [0, 0.05) is 19.2 Å². The summed E-state index contributed by atoms with van der Waals surface area (Å²) in [6.45, 7) is 1.47. The van der Waals surface area contributed by atoms with Gasteiger partial charge in [0.05, 0.1) is 21.3 Å². The van der Waals surface area contributed by atoms with Crippen molar-refractivity contribution in [3.05, 3.63) is 64.7 Å². The summed E-state index contributed by atoms with van der Waals surface area (Å²) < 4.78 is 22.1. The first-order valence-corrected chi connectivity index (χ1v) is 9.87. The monoisotopic (exact) mass is 417 g/mol. The minimum absolute atomic E-state index is 0.281. The van der Waals surface area contributed by atoms with Gasteiger partial charge in [-0.1, -0.05) is 24.3 Å². The number of hydrogen-bond donors (Lipinski definition) is 0. The van der Waals surface area contributed by atoms with Gasteiger partial charge in [-0.25, -0.2) is 0 Å². The van der Waals surface area contributed by atoms with Crippen LogP contribution in [0.5, 0.6) is 17.2 Å². The van der Waals surface area contributed by atoms with Crippen LogP contribution in [0.4, 0.5) is 5.88 Å². The molecule has 0 unspecified atom stereocenters. The van der Waals surface area contributed by atoms with Gasteiger partial charge in [0.2, 0.25) is 23.2 Å². The second-order valence-corrected chi connectivity index (χ2v) is 7.05. The van der Waals surface area contributed by atoms with Gasteiger partial charge >= 0.3 is 0 Å². The number of hydrogen-bond acceptors (Lipinski definition) is 7. The lowest BCUT2D eigenvalue weighted by Crippen LogP contribution is -2.30. The molecule has 2 aromatic carbocycles. The molecule has 7 heteroatoms. The lowest BCUT2D eigenvalue weighted by Gasteiger charge is -2.28. The van der Waals surface area contributed by atoms with Gasteiger partial charge in [-0.05, 0) is 41.3 Å². The molecule has 0 saturated carbocycles. The van der Waals surface area contributed by atoms with E-state index in [-0.39, 0.29) is 5.69 Å². The third-order valence-electron chi connectivity index (χ3n) is 5.25. The van der Waals surface area contributed by atoms with Gasteiger partial charge in [-0.15, -0.1) is 0 Å². The van der Waals surface area contributed by atoms with Crippen molar-refractivity contribution >= 4 is 18.0 Å². The third kappa shape index (κ3) is 4.05. The van der Waals surface area contributed by atoms with Crippen molar-refractivity contribution < 1.29 is 18.6 Å². The Morgan fingerprint density at radius 2 is 1.74 bits per heavy atom. The molecule has 0 radical (unpaired) electrons. The second-order valence-electron chi connectivity index (χ2n) is 7.05. The smallest absolute Gasteiger partial charge is 0.235 e. The van der Waals surface area contributed by atoms with E-state index in [0.717, 1.165) is 18.5 Å². The first-order chi connectivity index (χ1) is 15.2. The maximum Gasteiger partial charge on any atom is 0.235 e. The molecule has 3 aromatic rings. The topological polar surface area (TPSA) is 80.8 Å². The van der Waals surface area contributed by atoms with E-state index >= 15 is 0 Å². The molecule has 0 N–H and O–H groups in total. The van der Waals surface area contributed by atoms with Gasteiger partial charge in [0.15, 0.2) is 11.5 Å². The molecular weight excluding hydrogens is 394 g/mol. The number of rotatable bonds is 6. The number of anilines is 1. The summed E-state index contributed by atoms with van der Waals surface area (Å²) in [5, 5.41) is 9.57. The molecule has 4 rings (SSSR count). The molecule has 0 aliphatic carbocycles. The van der Waals surface area contributed by atoms with Gasteiger partial charge in [-0.2, -0.15) is 10.2 Å². The van der Waals surface area contributed by atoms with Crippen LogP contribution in [0.15, 0.2) is 40.8 Å². The van der Waals surface area contributed by atoms with Crippen molar-refractivity contribution in [1.29, 1.82) is 5.26 Å². The van der Waals surface area contributed by atoms with E-state index in [2.05, 4.69) is 34.2 Å². The van der Waals surface area contributed by atoms with E-state index in [1.807, 2.05) is 24.3 Å². The highest BCUT2D eigenvalue weighted by Gasteiger charge is 2.23. The van der Waals surface area contributed by atoms with Crippen LogP contribution in [0.3, 0.4) is 0 Å². The van der Waals surface area contributed by atoms with Gasteiger partial charge in [0.25, 0.3) is 0 Å². The van der Waals surface area contributed by atoms with Gasteiger partial charge in [0.1, 0.15) is 6.07 Å². The molecule has 31 heavy (non-hydrogen) atoms. The van der Waals surface area contributed by atoms with Crippen LogP contribution in [0.1, 0.15) is 28.3 Å². The number of oxazole rings is 1. The Morgan fingerprint density at radius 1 is 1.03 bits per heavy atom. The summed E-state index contributed by atoms with van der Waals surface area (Å²) in [4.78, 5) is 6.41.